The van der Waals surface area contributed by atoms with Crippen molar-refractivity contribution in [2.24, 2.45) is 11.8 Å². The molecule has 0 heterocycles. The van der Waals surface area contributed by atoms with Gasteiger partial charge in [-0.3, -0.25) is 9.59 Å². The van der Waals surface area contributed by atoms with Crippen LogP contribution in [0.4, 0.5) is 13.2 Å². The van der Waals surface area contributed by atoms with Gasteiger partial charge in [0.05, 0.1) is 18.3 Å². The first kappa shape index (κ1) is 19.2. The summed E-state index contributed by atoms with van der Waals surface area (Å²) in [6, 6.07) is 0. The van der Waals surface area contributed by atoms with E-state index < -0.39 is 29.9 Å². The highest BCUT2D eigenvalue weighted by Gasteiger charge is 2.46. The van der Waals surface area contributed by atoms with Crippen LogP contribution in [0.1, 0.15) is 19.3 Å². The summed E-state index contributed by atoms with van der Waals surface area (Å²) in [6.07, 6.45) is -1.27. The Labute approximate surface area is 134 Å². The second kappa shape index (κ2) is 9.34. The minimum Gasteiger partial charge on any atom is -0.481 e. The molecule has 0 aromatic rings. The van der Waals surface area contributed by atoms with Crippen LogP contribution in [0.3, 0.4) is 0 Å². The number of carboxylic acid groups (broad SMARTS) is 1. The van der Waals surface area contributed by atoms with Gasteiger partial charge in [0.15, 0.2) is 0 Å². The van der Waals surface area contributed by atoms with Crippen molar-refractivity contribution in [3.05, 3.63) is 12.2 Å². The predicted molar refractivity (Wildman–Crippen MR) is 81.6 cm³/mol. The van der Waals surface area contributed by atoms with Crippen LogP contribution >= 0.6 is 21.6 Å². The Morgan fingerprint density at radius 1 is 1.18 bits per heavy atom. The summed E-state index contributed by atoms with van der Waals surface area (Å²) >= 11 is 0. The molecule has 1 aliphatic carbocycles. The monoisotopic (exact) mass is 357 g/mol. The molecule has 22 heavy (non-hydrogen) atoms. The maximum absolute atomic E-state index is 12.9. The number of aliphatic carboxylic acids is 1. The lowest BCUT2D eigenvalue weighted by Gasteiger charge is -2.29. The lowest BCUT2D eigenvalue weighted by Crippen LogP contribution is -2.42. The Morgan fingerprint density at radius 2 is 1.82 bits per heavy atom. The zero-order chi connectivity index (χ0) is 16.6. The lowest BCUT2D eigenvalue weighted by molar-refractivity contribution is -0.191. The molecule has 0 unspecified atom stereocenters. The van der Waals surface area contributed by atoms with Crippen LogP contribution < -0.4 is 5.32 Å². The second-order valence-electron chi connectivity index (χ2n) is 4.78. The predicted octanol–water partition coefficient (Wildman–Crippen LogP) is 3.10. The first-order valence-electron chi connectivity index (χ1n) is 6.78. The van der Waals surface area contributed by atoms with E-state index in [1.165, 1.54) is 27.7 Å². The molecule has 2 N–H and O–H groups in total. The fraction of sp³-hybridized carbons (Fsp3) is 0.692. The van der Waals surface area contributed by atoms with Crippen molar-refractivity contribution in [1.82, 2.24) is 5.32 Å². The Morgan fingerprint density at radius 3 is 2.45 bits per heavy atom. The number of amides is 1. The van der Waals surface area contributed by atoms with Crippen LogP contribution in [0.25, 0.3) is 0 Å². The van der Waals surface area contributed by atoms with E-state index >= 15 is 0 Å². The molecule has 0 saturated heterocycles. The highest BCUT2D eigenvalue weighted by atomic mass is 33.1. The second-order valence-corrected chi connectivity index (χ2v) is 7.48. The molecule has 0 saturated carbocycles. The van der Waals surface area contributed by atoms with Crippen molar-refractivity contribution in [2.75, 3.05) is 18.1 Å². The Kier molecular flexibility index (Phi) is 8.16. The highest BCUT2D eigenvalue weighted by molar-refractivity contribution is 8.76. The van der Waals surface area contributed by atoms with Gasteiger partial charge in [0.2, 0.25) is 5.91 Å². The van der Waals surface area contributed by atoms with E-state index in [0.717, 1.165) is 0 Å². The Bertz CT molecular complexity index is 416. The molecule has 9 heteroatoms. The SMILES string of the molecule is O=C(O)CCSSCCNC(=O)[C@@H]1CC=CC[C@H]1C(F)(F)F. The van der Waals surface area contributed by atoms with Gasteiger partial charge in [-0.15, -0.1) is 0 Å². The first-order valence-corrected chi connectivity index (χ1v) is 9.26. The van der Waals surface area contributed by atoms with Gasteiger partial charge in [-0.25, -0.2) is 0 Å². The van der Waals surface area contributed by atoms with Crippen LogP contribution in [-0.2, 0) is 9.59 Å². The van der Waals surface area contributed by atoms with E-state index in [1.54, 1.807) is 6.08 Å². The number of alkyl halides is 3. The Hall–Kier alpha value is -0.830. The van der Waals surface area contributed by atoms with Crippen LogP contribution in [0, 0.1) is 11.8 Å². The van der Waals surface area contributed by atoms with E-state index in [9.17, 15) is 22.8 Å². The summed E-state index contributed by atoms with van der Waals surface area (Å²) in [6.45, 7) is 0.272. The zero-order valence-electron chi connectivity index (χ0n) is 11.8. The number of rotatable bonds is 8. The van der Waals surface area contributed by atoms with Crippen molar-refractivity contribution < 1.29 is 27.9 Å². The zero-order valence-corrected chi connectivity index (χ0v) is 13.4. The number of nitrogens with one attached hydrogen (secondary N) is 1. The van der Waals surface area contributed by atoms with Gasteiger partial charge >= 0.3 is 12.1 Å². The number of hydrogen-bond donors (Lipinski definition) is 2. The average Bonchev–Trinajstić information content (AvgIpc) is 2.44. The smallest absolute Gasteiger partial charge is 0.392 e. The van der Waals surface area contributed by atoms with Gasteiger partial charge < -0.3 is 10.4 Å². The van der Waals surface area contributed by atoms with Crippen molar-refractivity contribution in [2.45, 2.75) is 25.4 Å². The van der Waals surface area contributed by atoms with E-state index in [-0.39, 0.29) is 25.8 Å². The lowest BCUT2D eigenvalue weighted by atomic mass is 9.82. The number of allylic oxidation sites excluding steroid dienone is 2. The van der Waals surface area contributed by atoms with Gasteiger partial charge in [0.25, 0.3) is 0 Å². The molecule has 1 amide bonds. The highest BCUT2D eigenvalue weighted by Crippen LogP contribution is 2.39. The molecule has 0 fully saturated rings. The number of hydrogen-bond acceptors (Lipinski definition) is 4. The summed E-state index contributed by atoms with van der Waals surface area (Å²) in [7, 11) is 2.76. The van der Waals surface area contributed by atoms with Crippen LogP contribution in [0.2, 0.25) is 0 Å². The van der Waals surface area contributed by atoms with E-state index in [4.69, 9.17) is 5.11 Å². The van der Waals surface area contributed by atoms with Gasteiger partial charge in [-0.05, 0) is 12.8 Å². The minimum atomic E-state index is -4.37. The van der Waals surface area contributed by atoms with Crippen molar-refractivity contribution in [3.8, 4) is 0 Å². The van der Waals surface area contributed by atoms with Gasteiger partial charge in [0.1, 0.15) is 0 Å². The molecule has 1 aliphatic rings. The number of carboxylic acids is 1. The maximum Gasteiger partial charge on any atom is 0.392 e. The molecular weight excluding hydrogens is 339 g/mol. The number of carbonyl (C=O) groups is 2. The molecular formula is C13H18F3NO3S2. The van der Waals surface area contributed by atoms with E-state index in [0.29, 0.717) is 11.5 Å². The minimum absolute atomic E-state index is 0.0612. The molecule has 0 aromatic carbocycles. The number of carbonyl (C=O) groups excluding carboxylic acids is 1. The topological polar surface area (TPSA) is 66.4 Å². The largest absolute Gasteiger partial charge is 0.481 e. The van der Waals surface area contributed by atoms with E-state index in [1.807, 2.05) is 0 Å². The molecule has 0 radical (unpaired) electrons. The fourth-order valence-electron chi connectivity index (χ4n) is 2.06. The van der Waals surface area contributed by atoms with Crippen LogP contribution in [0.5, 0.6) is 0 Å². The van der Waals surface area contributed by atoms with Crippen molar-refractivity contribution in [1.29, 1.82) is 0 Å². The van der Waals surface area contributed by atoms with Gasteiger partial charge in [-0.1, -0.05) is 33.7 Å². The summed E-state index contributed by atoms with van der Waals surface area (Å²) in [5.41, 5.74) is 0. The van der Waals surface area contributed by atoms with Gasteiger partial charge in [0, 0.05) is 18.1 Å². The van der Waals surface area contributed by atoms with E-state index in [2.05, 4.69) is 5.32 Å². The molecule has 0 spiro atoms. The first-order chi connectivity index (χ1) is 10.3. The third kappa shape index (κ3) is 6.95. The van der Waals surface area contributed by atoms with Crippen LogP contribution in [-0.4, -0.2) is 41.2 Å². The molecule has 0 bridgehead atoms. The molecule has 2 atom stereocenters. The Balaban J connectivity index is 2.26. The summed E-state index contributed by atoms with van der Waals surface area (Å²) in [4.78, 5) is 22.2. The molecule has 1 rings (SSSR count). The molecule has 4 nitrogen and oxygen atoms in total. The molecule has 0 aliphatic heterocycles. The van der Waals surface area contributed by atoms with Crippen molar-refractivity contribution in [3.63, 3.8) is 0 Å². The standard InChI is InChI=1S/C13H18F3NO3S2/c14-13(15,16)10-4-2-1-3-9(10)12(20)17-6-8-22-21-7-5-11(18)19/h1-2,9-10H,3-8H2,(H,17,20)(H,18,19)/t9-,10-/m1/s1. The summed E-state index contributed by atoms with van der Waals surface area (Å²) in [5, 5.41) is 11.0. The number of halogens is 3. The summed E-state index contributed by atoms with van der Waals surface area (Å²) < 4.78 is 38.6. The normalized spacial score (nSPS) is 21.6. The third-order valence-corrected chi connectivity index (χ3v) is 5.57. The van der Waals surface area contributed by atoms with Gasteiger partial charge in [-0.2, -0.15) is 13.2 Å². The molecule has 0 aromatic heterocycles. The van der Waals surface area contributed by atoms with Crippen molar-refractivity contribution >= 4 is 33.5 Å². The molecule has 126 valence electrons. The fourth-order valence-corrected chi connectivity index (χ4v) is 3.95. The maximum atomic E-state index is 12.9. The average molecular weight is 357 g/mol. The third-order valence-electron chi connectivity index (χ3n) is 3.16. The summed E-state index contributed by atoms with van der Waals surface area (Å²) in [5.74, 6) is -3.13. The van der Waals surface area contributed by atoms with Crippen LogP contribution in [0.15, 0.2) is 12.2 Å². The quantitative estimate of drug-likeness (QED) is 0.397.